The number of nitrogens with one attached hydrogen (secondary N) is 1. The van der Waals surface area contributed by atoms with E-state index in [1.54, 1.807) is 12.4 Å². The maximum absolute atomic E-state index is 13.2. The van der Waals surface area contributed by atoms with Crippen molar-refractivity contribution >= 4 is 16.8 Å². The standard InChI is InChI=1S/C23H23N3O/c1-14-8-9-20-18(11-14)19(12-21(25-20)15-5-4-10-24-13-15)23(27)26-22-16-6-2-3-7-17(16)22/h4-5,8-13,16-17,22H,2-3,6-7H2,1H3,(H,26,27). The van der Waals surface area contributed by atoms with Crippen LogP contribution in [0.3, 0.4) is 0 Å². The van der Waals surface area contributed by atoms with Crippen molar-refractivity contribution in [3.8, 4) is 11.3 Å². The van der Waals surface area contributed by atoms with Crippen molar-refractivity contribution in [2.45, 2.75) is 38.6 Å². The summed E-state index contributed by atoms with van der Waals surface area (Å²) in [5.74, 6) is 1.41. The zero-order chi connectivity index (χ0) is 18.4. The number of benzene rings is 1. The van der Waals surface area contributed by atoms with Gasteiger partial charge in [0.25, 0.3) is 5.91 Å². The molecule has 2 atom stereocenters. The summed E-state index contributed by atoms with van der Waals surface area (Å²) in [5.41, 5.74) is 4.41. The van der Waals surface area contributed by atoms with Crippen molar-refractivity contribution < 1.29 is 4.79 Å². The number of carbonyl (C=O) groups is 1. The number of hydrogen-bond donors (Lipinski definition) is 1. The molecule has 0 spiro atoms. The Bertz CT molecular complexity index is 1000. The molecule has 3 aromatic rings. The normalized spacial score (nSPS) is 23.7. The highest BCUT2D eigenvalue weighted by Crippen LogP contribution is 2.49. The predicted octanol–water partition coefficient (Wildman–Crippen LogP) is 4.52. The zero-order valence-electron chi connectivity index (χ0n) is 15.5. The Morgan fingerprint density at radius 2 is 1.93 bits per heavy atom. The number of hydrogen-bond acceptors (Lipinski definition) is 3. The molecule has 2 heterocycles. The van der Waals surface area contributed by atoms with Gasteiger partial charge >= 0.3 is 0 Å². The van der Waals surface area contributed by atoms with E-state index in [2.05, 4.69) is 16.4 Å². The van der Waals surface area contributed by atoms with Crippen molar-refractivity contribution in [1.29, 1.82) is 0 Å². The van der Waals surface area contributed by atoms with Gasteiger partial charge in [-0.15, -0.1) is 0 Å². The molecule has 2 fully saturated rings. The van der Waals surface area contributed by atoms with Crippen LogP contribution in [0.4, 0.5) is 0 Å². The largest absolute Gasteiger partial charge is 0.349 e. The van der Waals surface area contributed by atoms with Crippen LogP contribution in [0.1, 0.15) is 41.6 Å². The van der Waals surface area contributed by atoms with E-state index in [-0.39, 0.29) is 5.91 Å². The van der Waals surface area contributed by atoms with Gasteiger partial charge in [-0.05, 0) is 61.9 Å². The Labute approximate surface area is 159 Å². The zero-order valence-corrected chi connectivity index (χ0v) is 15.5. The summed E-state index contributed by atoms with van der Waals surface area (Å²) in [5, 5.41) is 4.24. The van der Waals surface area contributed by atoms with Crippen LogP contribution in [0.25, 0.3) is 22.2 Å². The molecule has 4 heteroatoms. The molecule has 1 N–H and O–H groups in total. The Morgan fingerprint density at radius 3 is 2.67 bits per heavy atom. The topological polar surface area (TPSA) is 54.9 Å². The first-order valence-corrected chi connectivity index (χ1v) is 9.83. The number of aromatic nitrogens is 2. The molecule has 2 saturated carbocycles. The minimum absolute atomic E-state index is 0.0255. The first-order chi connectivity index (χ1) is 13.2. The summed E-state index contributed by atoms with van der Waals surface area (Å²) in [7, 11) is 0. The molecule has 0 saturated heterocycles. The van der Waals surface area contributed by atoms with E-state index in [0.717, 1.165) is 27.7 Å². The van der Waals surface area contributed by atoms with Gasteiger partial charge in [0.05, 0.1) is 16.8 Å². The second-order valence-corrected chi connectivity index (χ2v) is 7.93. The van der Waals surface area contributed by atoms with E-state index < -0.39 is 0 Å². The maximum Gasteiger partial charge on any atom is 0.252 e. The van der Waals surface area contributed by atoms with Crippen molar-refractivity contribution in [3.05, 3.63) is 59.9 Å². The lowest BCUT2D eigenvalue weighted by atomic mass is 10.0. The number of nitrogens with zero attached hydrogens (tertiary/aromatic N) is 2. The number of carbonyl (C=O) groups excluding carboxylic acids is 1. The highest BCUT2D eigenvalue weighted by Gasteiger charge is 2.51. The third-order valence-electron chi connectivity index (χ3n) is 6.12. The number of amides is 1. The number of fused-ring (bicyclic) bond motifs is 2. The van der Waals surface area contributed by atoms with Gasteiger partial charge < -0.3 is 5.32 Å². The quantitative estimate of drug-likeness (QED) is 0.749. The summed E-state index contributed by atoms with van der Waals surface area (Å²) in [4.78, 5) is 22.2. The van der Waals surface area contributed by atoms with Crippen LogP contribution in [-0.2, 0) is 0 Å². The molecular formula is C23H23N3O. The van der Waals surface area contributed by atoms with Crippen LogP contribution < -0.4 is 5.32 Å². The van der Waals surface area contributed by atoms with Gasteiger partial charge in [-0.3, -0.25) is 9.78 Å². The van der Waals surface area contributed by atoms with Crippen LogP contribution in [0.5, 0.6) is 0 Å². The fourth-order valence-corrected chi connectivity index (χ4v) is 4.63. The molecule has 0 bridgehead atoms. The second kappa shape index (κ2) is 6.45. The average molecular weight is 357 g/mol. The van der Waals surface area contributed by atoms with Gasteiger partial charge in [-0.1, -0.05) is 24.5 Å². The summed E-state index contributed by atoms with van der Waals surface area (Å²) in [6, 6.07) is 12.2. The fourth-order valence-electron chi connectivity index (χ4n) is 4.63. The van der Waals surface area contributed by atoms with Gasteiger partial charge in [0.15, 0.2) is 0 Å². The molecule has 2 unspecified atom stereocenters. The minimum atomic E-state index is 0.0255. The lowest BCUT2D eigenvalue weighted by molar-refractivity contribution is 0.0949. The van der Waals surface area contributed by atoms with E-state index in [0.29, 0.717) is 23.4 Å². The first-order valence-electron chi connectivity index (χ1n) is 9.83. The second-order valence-electron chi connectivity index (χ2n) is 7.93. The summed E-state index contributed by atoms with van der Waals surface area (Å²) in [6.07, 6.45) is 8.65. The van der Waals surface area contributed by atoms with Crippen molar-refractivity contribution in [3.63, 3.8) is 0 Å². The van der Waals surface area contributed by atoms with E-state index in [9.17, 15) is 4.79 Å². The predicted molar refractivity (Wildman–Crippen MR) is 106 cm³/mol. The smallest absolute Gasteiger partial charge is 0.252 e. The van der Waals surface area contributed by atoms with Crippen LogP contribution in [0.2, 0.25) is 0 Å². The highest BCUT2D eigenvalue weighted by atomic mass is 16.1. The Hall–Kier alpha value is -2.75. The SMILES string of the molecule is Cc1ccc2nc(-c3cccnc3)cc(C(=O)NC3C4CCCCC43)c2c1. The molecule has 1 aromatic carbocycles. The van der Waals surface area contributed by atoms with Crippen molar-refractivity contribution in [2.24, 2.45) is 11.8 Å². The Kier molecular flexibility index (Phi) is 3.92. The van der Waals surface area contributed by atoms with E-state index >= 15 is 0 Å². The third-order valence-corrected chi connectivity index (χ3v) is 6.12. The molecule has 5 rings (SSSR count). The molecule has 2 aliphatic rings. The van der Waals surface area contributed by atoms with E-state index in [1.807, 2.05) is 37.3 Å². The summed E-state index contributed by atoms with van der Waals surface area (Å²) >= 11 is 0. The third kappa shape index (κ3) is 2.99. The van der Waals surface area contributed by atoms with Gasteiger partial charge in [-0.2, -0.15) is 0 Å². The maximum atomic E-state index is 13.2. The van der Waals surface area contributed by atoms with Crippen molar-refractivity contribution in [1.82, 2.24) is 15.3 Å². The fraction of sp³-hybridized carbons (Fsp3) is 0.348. The van der Waals surface area contributed by atoms with E-state index in [1.165, 1.54) is 25.7 Å². The molecule has 0 aliphatic heterocycles. The lowest BCUT2D eigenvalue weighted by Crippen LogP contribution is -2.28. The molecule has 2 aliphatic carbocycles. The molecule has 27 heavy (non-hydrogen) atoms. The first kappa shape index (κ1) is 16.4. The van der Waals surface area contributed by atoms with Crippen molar-refractivity contribution in [2.75, 3.05) is 0 Å². The van der Waals surface area contributed by atoms with Crippen LogP contribution in [0, 0.1) is 18.8 Å². The molecule has 1 amide bonds. The summed E-state index contributed by atoms with van der Waals surface area (Å²) in [6.45, 7) is 2.05. The van der Waals surface area contributed by atoms with Gasteiger partial charge in [0.2, 0.25) is 0 Å². The average Bonchev–Trinajstić information content (AvgIpc) is 3.40. The van der Waals surface area contributed by atoms with Crippen LogP contribution in [0.15, 0.2) is 48.8 Å². The Morgan fingerprint density at radius 1 is 1.11 bits per heavy atom. The molecule has 136 valence electrons. The monoisotopic (exact) mass is 357 g/mol. The number of pyridine rings is 2. The van der Waals surface area contributed by atoms with Gasteiger partial charge in [0.1, 0.15) is 0 Å². The molecule has 2 aromatic heterocycles. The van der Waals surface area contributed by atoms with Gasteiger partial charge in [0, 0.05) is 29.4 Å². The van der Waals surface area contributed by atoms with Crippen LogP contribution >= 0.6 is 0 Å². The lowest BCUT2D eigenvalue weighted by Gasteiger charge is -2.11. The number of rotatable bonds is 3. The Balaban J connectivity index is 1.55. The molecule has 0 radical (unpaired) electrons. The minimum Gasteiger partial charge on any atom is -0.349 e. The summed E-state index contributed by atoms with van der Waals surface area (Å²) < 4.78 is 0. The highest BCUT2D eigenvalue weighted by molar-refractivity contribution is 6.07. The molecular weight excluding hydrogens is 334 g/mol. The molecule has 4 nitrogen and oxygen atoms in total. The van der Waals surface area contributed by atoms with E-state index in [4.69, 9.17) is 4.98 Å². The van der Waals surface area contributed by atoms with Gasteiger partial charge in [-0.25, -0.2) is 4.98 Å². The van der Waals surface area contributed by atoms with Crippen LogP contribution in [-0.4, -0.2) is 21.9 Å². The number of aryl methyl sites for hydroxylation is 1.